The molecule has 30 heavy (non-hydrogen) atoms. The number of nitrogens with one attached hydrogen (secondary N) is 1. The molecule has 4 rings (SSSR count). The highest BCUT2D eigenvalue weighted by Crippen LogP contribution is 2.22. The molecule has 2 aliphatic heterocycles. The van der Waals surface area contributed by atoms with Crippen LogP contribution in [-0.4, -0.2) is 62.1 Å². The third-order valence-corrected chi connectivity index (χ3v) is 6.34. The van der Waals surface area contributed by atoms with Crippen molar-refractivity contribution in [1.29, 1.82) is 0 Å². The second-order valence-electron chi connectivity index (χ2n) is 8.41. The molecule has 0 bridgehead atoms. The molecule has 0 aliphatic carbocycles. The first-order valence-corrected chi connectivity index (χ1v) is 11.3. The molecule has 0 spiro atoms. The molecule has 0 aromatic heterocycles. The summed E-state index contributed by atoms with van der Waals surface area (Å²) in [6, 6.07) is 21.6. The molecule has 2 heterocycles. The van der Waals surface area contributed by atoms with Gasteiger partial charge in [0.2, 0.25) is 0 Å². The summed E-state index contributed by atoms with van der Waals surface area (Å²) in [5.74, 6) is 1.75. The molecule has 1 N–H and O–H groups in total. The van der Waals surface area contributed by atoms with Crippen LogP contribution >= 0.6 is 0 Å². The average Bonchev–Trinajstić information content (AvgIpc) is 3.28. The molecule has 2 aromatic rings. The Labute approximate surface area is 181 Å². The van der Waals surface area contributed by atoms with E-state index in [0.29, 0.717) is 5.92 Å². The maximum absolute atomic E-state index is 4.55. The van der Waals surface area contributed by atoms with Gasteiger partial charge < -0.3 is 15.1 Å². The van der Waals surface area contributed by atoms with Gasteiger partial charge in [-0.3, -0.25) is 4.99 Å². The molecule has 4 nitrogen and oxygen atoms in total. The summed E-state index contributed by atoms with van der Waals surface area (Å²) in [5, 5.41) is 3.65. The van der Waals surface area contributed by atoms with E-state index in [1.54, 1.807) is 0 Å². The lowest BCUT2D eigenvalue weighted by atomic mass is 10.00. The van der Waals surface area contributed by atoms with E-state index < -0.39 is 0 Å². The first-order chi connectivity index (χ1) is 14.8. The number of benzene rings is 2. The maximum atomic E-state index is 4.55. The number of nitrogens with zero attached hydrogens (tertiary/aromatic N) is 3. The molecule has 2 aromatic carbocycles. The van der Waals surface area contributed by atoms with Crippen LogP contribution in [0.5, 0.6) is 0 Å². The number of rotatable bonds is 6. The summed E-state index contributed by atoms with van der Waals surface area (Å²) in [4.78, 5) is 9.53. The smallest absolute Gasteiger partial charge is 0.193 e. The SMILES string of the molecule is CN=C(NCC1CCN(CCc2ccccc2)C1)N1CC=C(c2ccccc2)CC1. The normalized spacial score (nSPS) is 20.3. The molecule has 1 unspecified atom stereocenters. The van der Waals surface area contributed by atoms with Crippen LogP contribution in [0.3, 0.4) is 0 Å². The van der Waals surface area contributed by atoms with Crippen LogP contribution in [0.4, 0.5) is 0 Å². The fourth-order valence-corrected chi connectivity index (χ4v) is 4.56. The minimum absolute atomic E-state index is 0.706. The standard InChI is InChI=1S/C26H34N4/c1-27-26(30-18-14-25(15-19-30)24-10-6-3-7-11-24)28-20-23-13-17-29(21-23)16-12-22-8-4-2-5-9-22/h2-11,14,23H,12-13,15-21H2,1H3,(H,27,28). The zero-order valence-corrected chi connectivity index (χ0v) is 18.1. The highest BCUT2D eigenvalue weighted by molar-refractivity contribution is 5.81. The Morgan fingerprint density at radius 3 is 2.50 bits per heavy atom. The minimum Gasteiger partial charge on any atom is -0.356 e. The van der Waals surface area contributed by atoms with E-state index in [2.05, 4.69) is 86.8 Å². The predicted molar refractivity (Wildman–Crippen MR) is 127 cm³/mol. The lowest BCUT2D eigenvalue weighted by molar-refractivity contribution is 0.327. The largest absolute Gasteiger partial charge is 0.356 e. The lowest BCUT2D eigenvalue weighted by Crippen LogP contribution is -2.45. The zero-order chi connectivity index (χ0) is 20.6. The van der Waals surface area contributed by atoms with Crippen LogP contribution in [0.1, 0.15) is 24.0 Å². The van der Waals surface area contributed by atoms with Crippen molar-refractivity contribution in [2.45, 2.75) is 19.3 Å². The van der Waals surface area contributed by atoms with Gasteiger partial charge in [0.05, 0.1) is 0 Å². The molecule has 1 atom stereocenters. The summed E-state index contributed by atoms with van der Waals surface area (Å²) in [7, 11) is 1.90. The fourth-order valence-electron chi connectivity index (χ4n) is 4.56. The van der Waals surface area contributed by atoms with Crippen molar-refractivity contribution in [3.05, 3.63) is 77.9 Å². The van der Waals surface area contributed by atoms with Gasteiger partial charge in [0, 0.05) is 39.8 Å². The van der Waals surface area contributed by atoms with Gasteiger partial charge in [-0.05, 0) is 48.4 Å². The Bertz CT molecular complexity index is 844. The zero-order valence-electron chi connectivity index (χ0n) is 18.1. The van der Waals surface area contributed by atoms with Crippen molar-refractivity contribution in [2.24, 2.45) is 10.9 Å². The number of likely N-dealkylation sites (tertiary alicyclic amines) is 1. The van der Waals surface area contributed by atoms with Crippen LogP contribution in [0.25, 0.3) is 5.57 Å². The molecular formula is C26H34N4. The van der Waals surface area contributed by atoms with Gasteiger partial charge >= 0.3 is 0 Å². The van der Waals surface area contributed by atoms with E-state index in [4.69, 9.17) is 0 Å². The van der Waals surface area contributed by atoms with Gasteiger partial charge in [0.25, 0.3) is 0 Å². The Morgan fingerprint density at radius 2 is 1.80 bits per heavy atom. The Morgan fingerprint density at radius 1 is 1.03 bits per heavy atom. The van der Waals surface area contributed by atoms with Crippen molar-refractivity contribution < 1.29 is 0 Å². The fraction of sp³-hybridized carbons (Fsp3) is 0.423. The van der Waals surface area contributed by atoms with E-state index in [-0.39, 0.29) is 0 Å². The summed E-state index contributed by atoms with van der Waals surface area (Å²) in [6.45, 7) is 6.53. The quantitative estimate of drug-likeness (QED) is 0.587. The summed E-state index contributed by atoms with van der Waals surface area (Å²) < 4.78 is 0. The number of hydrogen-bond acceptors (Lipinski definition) is 2. The Hall–Kier alpha value is -2.59. The van der Waals surface area contributed by atoms with E-state index in [1.807, 2.05) is 7.05 Å². The topological polar surface area (TPSA) is 30.9 Å². The second-order valence-corrected chi connectivity index (χ2v) is 8.41. The molecule has 0 amide bonds. The summed E-state index contributed by atoms with van der Waals surface area (Å²) >= 11 is 0. The van der Waals surface area contributed by atoms with Gasteiger partial charge in [-0.2, -0.15) is 0 Å². The monoisotopic (exact) mass is 402 g/mol. The van der Waals surface area contributed by atoms with Crippen LogP contribution in [-0.2, 0) is 6.42 Å². The summed E-state index contributed by atoms with van der Waals surface area (Å²) in [5.41, 5.74) is 4.24. The molecule has 2 aliphatic rings. The number of aliphatic imine (C=N–C) groups is 1. The van der Waals surface area contributed by atoms with Crippen molar-refractivity contribution in [3.8, 4) is 0 Å². The number of guanidine groups is 1. The maximum Gasteiger partial charge on any atom is 0.193 e. The Kier molecular flexibility index (Phi) is 7.20. The van der Waals surface area contributed by atoms with E-state index in [1.165, 1.54) is 36.2 Å². The van der Waals surface area contributed by atoms with Gasteiger partial charge in [-0.15, -0.1) is 0 Å². The van der Waals surface area contributed by atoms with Crippen molar-refractivity contribution in [3.63, 3.8) is 0 Å². The summed E-state index contributed by atoms with van der Waals surface area (Å²) in [6.07, 6.45) is 5.84. The minimum atomic E-state index is 0.706. The lowest BCUT2D eigenvalue weighted by Gasteiger charge is -2.30. The molecule has 1 fully saturated rings. The second kappa shape index (κ2) is 10.4. The third-order valence-electron chi connectivity index (χ3n) is 6.34. The molecule has 0 radical (unpaired) electrons. The molecule has 0 saturated carbocycles. The van der Waals surface area contributed by atoms with Crippen LogP contribution in [0.2, 0.25) is 0 Å². The molecular weight excluding hydrogens is 368 g/mol. The van der Waals surface area contributed by atoms with Crippen LogP contribution < -0.4 is 5.32 Å². The van der Waals surface area contributed by atoms with Gasteiger partial charge in [-0.25, -0.2) is 0 Å². The number of hydrogen-bond donors (Lipinski definition) is 1. The Balaban J connectivity index is 1.21. The van der Waals surface area contributed by atoms with Crippen molar-refractivity contribution >= 4 is 11.5 Å². The molecule has 158 valence electrons. The average molecular weight is 403 g/mol. The van der Waals surface area contributed by atoms with E-state index in [0.717, 1.165) is 45.0 Å². The van der Waals surface area contributed by atoms with Gasteiger partial charge in [0.15, 0.2) is 5.96 Å². The van der Waals surface area contributed by atoms with E-state index >= 15 is 0 Å². The van der Waals surface area contributed by atoms with Gasteiger partial charge in [-0.1, -0.05) is 66.7 Å². The van der Waals surface area contributed by atoms with Crippen molar-refractivity contribution in [2.75, 3.05) is 46.3 Å². The van der Waals surface area contributed by atoms with E-state index in [9.17, 15) is 0 Å². The highest BCUT2D eigenvalue weighted by atomic mass is 15.3. The molecule has 1 saturated heterocycles. The first kappa shape index (κ1) is 20.7. The van der Waals surface area contributed by atoms with Crippen molar-refractivity contribution in [1.82, 2.24) is 15.1 Å². The molecule has 4 heteroatoms. The predicted octanol–water partition coefficient (Wildman–Crippen LogP) is 3.92. The first-order valence-electron chi connectivity index (χ1n) is 11.3. The third kappa shape index (κ3) is 5.51. The van der Waals surface area contributed by atoms with Crippen LogP contribution in [0, 0.1) is 5.92 Å². The van der Waals surface area contributed by atoms with Crippen LogP contribution in [0.15, 0.2) is 71.7 Å². The van der Waals surface area contributed by atoms with Gasteiger partial charge in [0.1, 0.15) is 0 Å². The highest BCUT2D eigenvalue weighted by Gasteiger charge is 2.23.